The highest BCUT2D eigenvalue weighted by Crippen LogP contribution is 2.53. The zero-order valence-corrected chi connectivity index (χ0v) is 32.8. The second-order valence-electron chi connectivity index (χ2n) is 17.4. The van der Waals surface area contributed by atoms with Crippen molar-refractivity contribution in [3.8, 4) is 11.5 Å². The number of aromatic nitrogens is 2. The van der Waals surface area contributed by atoms with Crippen LogP contribution < -0.4 is 19.9 Å². The number of hydrogen-bond acceptors (Lipinski definition) is 8. The lowest BCUT2D eigenvalue weighted by Crippen LogP contribution is -2.52. The Bertz CT molecular complexity index is 2280. The van der Waals surface area contributed by atoms with Crippen molar-refractivity contribution in [1.82, 2.24) is 20.0 Å². The molecule has 2 N–H and O–H groups in total. The molecule has 57 heavy (non-hydrogen) atoms. The summed E-state index contributed by atoms with van der Waals surface area (Å²) in [4.78, 5) is 32.0. The van der Waals surface area contributed by atoms with Gasteiger partial charge in [-0.2, -0.15) is 5.10 Å². The van der Waals surface area contributed by atoms with Crippen LogP contribution in [0, 0.1) is 18.3 Å². The van der Waals surface area contributed by atoms with Crippen molar-refractivity contribution in [3.05, 3.63) is 113 Å². The van der Waals surface area contributed by atoms with Crippen LogP contribution in [0.1, 0.15) is 78.8 Å². The van der Waals surface area contributed by atoms with Gasteiger partial charge in [0.2, 0.25) is 5.91 Å². The van der Waals surface area contributed by atoms with Crippen LogP contribution in [0.15, 0.2) is 91.0 Å². The summed E-state index contributed by atoms with van der Waals surface area (Å²) in [5.41, 5.74) is 8.59. The van der Waals surface area contributed by atoms with Gasteiger partial charge in [-0.15, -0.1) is 0 Å². The highest BCUT2D eigenvalue weighted by Gasteiger charge is 2.46. The van der Waals surface area contributed by atoms with Gasteiger partial charge in [-0.1, -0.05) is 48.5 Å². The molecule has 2 amide bonds. The van der Waals surface area contributed by atoms with E-state index in [1.165, 1.54) is 54.7 Å². The van der Waals surface area contributed by atoms with E-state index in [1.54, 1.807) is 12.1 Å². The first-order chi connectivity index (χ1) is 27.8. The topological polar surface area (TPSA) is 103 Å². The van der Waals surface area contributed by atoms with Crippen molar-refractivity contribution in [2.24, 2.45) is 11.3 Å². The van der Waals surface area contributed by atoms with Crippen LogP contribution in [0.4, 0.5) is 11.4 Å². The van der Waals surface area contributed by atoms with Crippen LogP contribution in [0.25, 0.3) is 10.9 Å². The fourth-order valence-corrected chi connectivity index (χ4v) is 10.8. The highest BCUT2D eigenvalue weighted by molar-refractivity contribution is 6.00. The maximum Gasteiger partial charge on any atom is 0.251 e. The lowest BCUT2D eigenvalue weighted by Gasteiger charge is -2.54. The number of carbonyl (C=O) groups is 2. The Morgan fingerprint density at radius 3 is 2.32 bits per heavy atom. The molecule has 1 aliphatic carbocycles. The Hall–Kier alpha value is -5.35. The summed E-state index contributed by atoms with van der Waals surface area (Å²) in [5, 5.41) is 18.4. The van der Waals surface area contributed by atoms with Crippen LogP contribution in [-0.2, 0) is 9.59 Å². The van der Waals surface area contributed by atoms with Gasteiger partial charge >= 0.3 is 0 Å². The number of phenolic OH excluding ortho intramolecular Hbond substituents is 1. The molecule has 0 bridgehead atoms. The summed E-state index contributed by atoms with van der Waals surface area (Å²) >= 11 is 0. The number of piperidine rings is 2. The number of hydrogen-bond donors (Lipinski definition) is 2. The Morgan fingerprint density at radius 2 is 1.56 bits per heavy atom. The minimum Gasteiger partial charge on any atom is -0.508 e. The Kier molecular flexibility index (Phi) is 9.19. The smallest absolute Gasteiger partial charge is 0.251 e. The second-order valence-corrected chi connectivity index (χ2v) is 17.4. The number of aromatic hydroxyl groups is 1. The lowest BCUT2D eigenvalue weighted by atomic mass is 9.57. The van der Waals surface area contributed by atoms with Gasteiger partial charge in [0.1, 0.15) is 17.5 Å². The van der Waals surface area contributed by atoms with Crippen LogP contribution in [0.2, 0.25) is 0 Å². The van der Waals surface area contributed by atoms with E-state index in [0.29, 0.717) is 24.9 Å². The van der Waals surface area contributed by atoms with E-state index in [-0.39, 0.29) is 29.4 Å². The summed E-state index contributed by atoms with van der Waals surface area (Å²) in [6, 6.07) is 31.6. The number of imide groups is 1. The maximum atomic E-state index is 12.6. The molecule has 3 saturated heterocycles. The number of rotatable bonds is 7. The highest BCUT2D eigenvalue weighted by atomic mass is 16.5. The molecule has 294 valence electrons. The van der Waals surface area contributed by atoms with E-state index in [2.05, 4.69) is 92.8 Å². The molecular weight excluding hydrogens is 713 g/mol. The summed E-state index contributed by atoms with van der Waals surface area (Å²) in [6.07, 6.45) is 6.08. The molecular formula is C47H52N6O4. The number of amides is 2. The van der Waals surface area contributed by atoms with E-state index in [9.17, 15) is 14.7 Å². The number of benzene rings is 4. The molecule has 3 atom stereocenters. The van der Waals surface area contributed by atoms with Crippen molar-refractivity contribution in [2.45, 2.75) is 63.3 Å². The van der Waals surface area contributed by atoms with Gasteiger partial charge in [0.15, 0.2) is 0 Å². The van der Waals surface area contributed by atoms with Crippen molar-refractivity contribution < 1.29 is 19.4 Å². The molecule has 1 spiro atoms. The zero-order chi connectivity index (χ0) is 38.7. The van der Waals surface area contributed by atoms with Crippen molar-refractivity contribution in [1.29, 1.82) is 0 Å². The largest absolute Gasteiger partial charge is 0.508 e. The van der Waals surface area contributed by atoms with Crippen LogP contribution in [0.5, 0.6) is 11.5 Å². The number of nitrogens with one attached hydrogen (secondary N) is 1. The monoisotopic (exact) mass is 764 g/mol. The SMILES string of the molecule is Cc1nn(C2CCC(=O)NC2=O)c2ccc(N3CCN(CC4CC5(CCN(c6ccc([C@H]7c8ccc(O)cc8OC[C@H]7c7ccccc7)cc6)CC5)C4)CC3)cc12. The minimum absolute atomic E-state index is 0.156. The Labute approximate surface area is 334 Å². The predicted molar refractivity (Wildman–Crippen MR) is 222 cm³/mol. The standard InChI is InChI=1S/C47H52N6O4/c1-31-39-25-36(11-14-41(39)53(49-31)42-15-16-44(55)48-46(42)56)52-23-21-50(22-24-52)29-32-27-47(28-32)17-19-51(20-18-47)35-9-7-34(8-10-35)45-38-13-12-37(54)26-43(38)57-30-40(45)33-5-3-2-4-6-33/h2-14,25-26,32,40,42,45,54H,15-24,27-30H2,1H3,(H,48,55,56)/t40-,42?,45-/m0/s1. The fourth-order valence-electron chi connectivity index (χ4n) is 10.8. The number of phenols is 1. The molecule has 5 aromatic rings. The average Bonchev–Trinajstić information content (AvgIpc) is 3.55. The molecule has 10 heteroatoms. The van der Waals surface area contributed by atoms with E-state index in [4.69, 9.17) is 9.84 Å². The number of fused-ring (bicyclic) bond motifs is 2. The summed E-state index contributed by atoms with van der Waals surface area (Å²) in [5.74, 6) is 1.70. The molecule has 5 aliphatic rings. The zero-order valence-electron chi connectivity index (χ0n) is 32.8. The number of ether oxygens (including phenoxy) is 1. The molecule has 1 aromatic heterocycles. The van der Waals surface area contributed by atoms with Crippen molar-refractivity contribution in [2.75, 3.05) is 62.2 Å². The number of anilines is 2. The average molecular weight is 765 g/mol. The molecule has 4 aromatic carbocycles. The van der Waals surface area contributed by atoms with Gasteiger partial charge in [0, 0.05) is 92.5 Å². The summed E-state index contributed by atoms with van der Waals surface area (Å²) in [6.45, 7) is 10.2. The van der Waals surface area contributed by atoms with Gasteiger partial charge in [-0.3, -0.25) is 24.5 Å². The molecule has 5 heterocycles. The first-order valence-electron chi connectivity index (χ1n) is 20.9. The van der Waals surface area contributed by atoms with Gasteiger partial charge in [0.25, 0.3) is 5.91 Å². The van der Waals surface area contributed by atoms with Gasteiger partial charge < -0.3 is 19.6 Å². The molecule has 4 aliphatic heterocycles. The third-order valence-electron chi connectivity index (χ3n) is 13.9. The second kappa shape index (κ2) is 14.5. The van der Waals surface area contributed by atoms with Crippen molar-refractivity contribution >= 4 is 34.1 Å². The minimum atomic E-state index is -0.446. The van der Waals surface area contributed by atoms with Gasteiger partial charge in [-0.25, -0.2) is 0 Å². The quantitative estimate of drug-likeness (QED) is 0.169. The van der Waals surface area contributed by atoms with E-state index >= 15 is 0 Å². The summed E-state index contributed by atoms with van der Waals surface area (Å²) < 4.78 is 8.00. The normalized spacial score (nSPS) is 23.9. The van der Waals surface area contributed by atoms with Gasteiger partial charge in [-0.05, 0) is 97.9 Å². The van der Waals surface area contributed by atoms with E-state index in [0.717, 1.165) is 73.1 Å². The van der Waals surface area contributed by atoms with E-state index in [1.807, 2.05) is 17.7 Å². The van der Waals surface area contributed by atoms with Crippen LogP contribution in [-0.4, -0.2) is 84.0 Å². The van der Waals surface area contributed by atoms with Crippen molar-refractivity contribution in [3.63, 3.8) is 0 Å². The Balaban J connectivity index is 0.719. The molecule has 10 rings (SSSR count). The Morgan fingerprint density at radius 1 is 0.825 bits per heavy atom. The molecule has 0 radical (unpaired) electrons. The summed E-state index contributed by atoms with van der Waals surface area (Å²) in [7, 11) is 0. The van der Waals surface area contributed by atoms with Crippen LogP contribution >= 0.6 is 0 Å². The van der Waals surface area contributed by atoms with Crippen LogP contribution in [0.3, 0.4) is 0 Å². The number of aryl methyl sites for hydroxylation is 1. The predicted octanol–water partition coefficient (Wildman–Crippen LogP) is 7.15. The molecule has 4 fully saturated rings. The molecule has 1 saturated carbocycles. The van der Waals surface area contributed by atoms with Gasteiger partial charge in [0.05, 0.1) is 17.8 Å². The molecule has 1 unspecified atom stereocenters. The first-order valence-corrected chi connectivity index (χ1v) is 20.9. The lowest BCUT2D eigenvalue weighted by molar-refractivity contribution is -0.135. The maximum absolute atomic E-state index is 12.6. The number of nitrogens with zero attached hydrogens (tertiary/aromatic N) is 5. The molecule has 10 nitrogen and oxygen atoms in total. The first kappa shape index (κ1) is 36.0. The third kappa shape index (κ3) is 6.81. The fraction of sp³-hybridized carbons (Fsp3) is 0.426. The third-order valence-corrected chi connectivity index (χ3v) is 13.9. The number of piperazine rings is 1. The number of carbonyl (C=O) groups excluding carboxylic acids is 2. The van der Waals surface area contributed by atoms with E-state index < -0.39 is 6.04 Å².